The van der Waals surface area contributed by atoms with Crippen molar-refractivity contribution in [2.75, 3.05) is 0 Å². The number of benzene rings is 1. The van der Waals surface area contributed by atoms with Gasteiger partial charge < -0.3 is 5.11 Å². The Bertz CT molecular complexity index is 210. The fourth-order valence-electron chi connectivity index (χ4n) is 0.489. The molecule has 0 spiro atoms. The van der Waals surface area contributed by atoms with Gasteiger partial charge in [0.05, 0.1) is 0 Å². The summed E-state index contributed by atoms with van der Waals surface area (Å²) in [6.07, 6.45) is 0. The number of rotatable bonds is 1. The van der Waals surface area contributed by atoms with Crippen molar-refractivity contribution in [2.45, 2.75) is 0 Å². The number of hydrogen-bond donors (Lipinski definition) is 1. The van der Waals surface area contributed by atoms with Crippen LogP contribution in [-0.4, -0.2) is 27.3 Å². The fraction of sp³-hybridized carbons (Fsp3) is 0. The Labute approximate surface area is 71.0 Å². The van der Waals surface area contributed by atoms with Gasteiger partial charge in [0.25, 0.3) is 6.47 Å². The number of hydrogen-bond acceptors (Lipinski definition) is 2. The Kier molecular flexibility index (Phi) is 6.54. The summed E-state index contributed by atoms with van der Waals surface area (Å²) < 4.78 is 11.2. The summed E-state index contributed by atoms with van der Waals surface area (Å²) in [6, 6.07) is 9.44. The molecule has 0 aliphatic rings. The molecule has 1 aromatic carbocycles. The van der Waals surface area contributed by atoms with Crippen LogP contribution in [0.5, 0.6) is 0 Å². The minimum absolute atomic E-state index is 0.250. The maximum absolute atomic E-state index is 10.2. The van der Waals surface area contributed by atoms with Gasteiger partial charge in [0.15, 0.2) is 0 Å². The average Bonchev–Trinajstić information content (AvgIpc) is 2.08. The molecule has 4 heteroatoms. The van der Waals surface area contributed by atoms with Gasteiger partial charge in [-0.3, -0.25) is 4.79 Å². The molecule has 0 saturated carbocycles. The molecule has 11 heavy (non-hydrogen) atoms. The zero-order chi connectivity index (χ0) is 8.53. The molecule has 0 bridgehead atoms. The predicted molar refractivity (Wildman–Crippen MR) is 41.2 cm³/mol. The van der Waals surface area contributed by atoms with Crippen molar-refractivity contribution >= 4 is 26.5 Å². The molecule has 0 amide bonds. The van der Waals surface area contributed by atoms with Gasteiger partial charge in [0, 0.05) is 0 Å². The van der Waals surface area contributed by atoms with Gasteiger partial charge in [-0.1, -0.05) is 0 Å². The molecule has 58 valence electrons. The van der Waals surface area contributed by atoms with Crippen LogP contribution in [0, 0.1) is 0 Å². The van der Waals surface area contributed by atoms with E-state index in [4.69, 9.17) is 9.90 Å². The van der Waals surface area contributed by atoms with Crippen molar-refractivity contribution in [3.63, 3.8) is 0 Å². The molecule has 1 aromatic rings. The second-order valence-corrected chi connectivity index (χ2v) is 3.00. The van der Waals surface area contributed by atoms with Crippen molar-refractivity contribution in [3.05, 3.63) is 30.3 Å². The van der Waals surface area contributed by atoms with Crippen molar-refractivity contribution in [1.29, 1.82) is 0 Å². The van der Waals surface area contributed by atoms with Gasteiger partial charge in [-0.25, -0.2) is 0 Å². The second kappa shape index (κ2) is 7.16. The topological polar surface area (TPSA) is 54.4 Å². The van der Waals surface area contributed by atoms with E-state index >= 15 is 0 Å². The molecule has 3 nitrogen and oxygen atoms in total. The van der Waals surface area contributed by atoms with Gasteiger partial charge in [-0.05, 0) is 0 Å². The zero-order valence-corrected chi connectivity index (χ0v) is 7.55. The monoisotopic (exact) mass is 214 g/mol. The first-order chi connectivity index (χ1) is 5.35. The molecule has 0 aliphatic heterocycles. The van der Waals surface area contributed by atoms with Crippen molar-refractivity contribution in [1.82, 2.24) is 0 Å². The Morgan fingerprint density at radius 1 is 1.27 bits per heavy atom. The Balaban J connectivity index is 0.000000292. The molecule has 0 radical (unpaired) electrons. The minimum atomic E-state index is -0.818. The van der Waals surface area contributed by atoms with E-state index in [0.717, 1.165) is 4.35 Å². The Morgan fingerprint density at radius 2 is 1.73 bits per heavy atom. The van der Waals surface area contributed by atoms with E-state index in [1.165, 1.54) is 0 Å². The molecule has 1 N–H and O–H groups in total. The van der Waals surface area contributed by atoms with Crippen LogP contribution in [0.2, 0.25) is 0 Å². The Hall–Kier alpha value is -0.952. The SMILES string of the molecule is O=CO.O=[As]c1ccccc1. The summed E-state index contributed by atoms with van der Waals surface area (Å²) in [7, 11) is 0. The summed E-state index contributed by atoms with van der Waals surface area (Å²) in [5.74, 6) is 0. The molecule has 0 unspecified atom stereocenters. The quantitative estimate of drug-likeness (QED) is 0.531. The number of carboxylic acid groups (broad SMARTS) is 1. The van der Waals surface area contributed by atoms with Crippen molar-refractivity contribution in [2.24, 2.45) is 0 Å². The van der Waals surface area contributed by atoms with Gasteiger partial charge in [0.2, 0.25) is 0 Å². The number of carbonyl (C=O) groups is 1. The fourth-order valence-corrected chi connectivity index (χ4v) is 1.11. The summed E-state index contributed by atoms with van der Waals surface area (Å²) in [4.78, 5) is 8.36. The Morgan fingerprint density at radius 3 is 2.00 bits per heavy atom. The van der Waals surface area contributed by atoms with E-state index < -0.39 is 15.7 Å². The first-order valence-electron chi connectivity index (χ1n) is 2.81. The maximum atomic E-state index is 10.2. The van der Waals surface area contributed by atoms with Gasteiger partial charge in [-0.15, -0.1) is 0 Å². The molecule has 1 rings (SSSR count). The van der Waals surface area contributed by atoms with Crippen LogP contribution in [0.1, 0.15) is 0 Å². The van der Waals surface area contributed by atoms with Gasteiger partial charge in [0.1, 0.15) is 0 Å². The summed E-state index contributed by atoms with van der Waals surface area (Å²) in [5.41, 5.74) is 0. The van der Waals surface area contributed by atoms with Crippen LogP contribution < -0.4 is 4.35 Å². The van der Waals surface area contributed by atoms with Crippen LogP contribution in [0.3, 0.4) is 0 Å². The molecule has 0 aliphatic carbocycles. The molecule has 0 saturated heterocycles. The predicted octanol–water partition coefficient (Wildman–Crippen LogP) is 0.0624. The molecule has 0 fully saturated rings. The second-order valence-electron chi connectivity index (χ2n) is 1.53. The van der Waals surface area contributed by atoms with Gasteiger partial charge >= 0.3 is 54.1 Å². The standard InChI is InChI=1S/C6H5AsO.CH2O2/c8-7-6-4-2-1-3-5-6;2-1-3/h1-5H;1H,(H,2,3). The third-order valence-corrected chi connectivity index (χ3v) is 1.93. The van der Waals surface area contributed by atoms with Crippen molar-refractivity contribution < 1.29 is 13.6 Å². The summed E-state index contributed by atoms with van der Waals surface area (Å²) in [6.45, 7) is -0.250. The van der Waals surface area contributed by atoms with E-state index in [1.807, 2.05) is 30.3 Å². The van der Waals surface area contributed by atoms with E-state index in [1.54, 1.807) is 0 Å². The van der Waals surface area contributed by atoms with Crippen molar-refractivity contribution in [3.8, 4) is 0 Å². The first-order valence-corrected chi connectivity index (χ1v) is 4.52. The summed E-state index contributed by atoms with van der Waals surface area (Å²) in [5, 5.41) is 6.89. The average molecular weight is 214 g/mol. The van der Waals surface area contributed by atoms with E-state index in [2.05, 4.69) is 0 Å². The van der Waals surface area contributed by atoms with E-state index in [0.29, 0.717) is 0 Å². The molecular weight excluding hydrogens is 207 g/mol. The van der Waals surface area contributed by atoms with Crippen LogP contribution in [0.15, 0.2) is 30.3 Å². The molecule has 0 aromatic heterocycles. The third-order valence-electron chi connectivity index (χ3n) is 0.862. The normalized spacial score (nSPS) is 8.00. The summed E-state index contributed by atoms with van der Waals surface area (Å²) >= 11 is -0.818. The molecule has 0 heterocycles. The van der Waals surface area contributed by atoms with Crippen LogP contribution in [0.25, 0.3) is 0 Å². The molecule has 0 atom stereocenters. The van der Waals surface area contributed by atoms with Crippen LogP contribution in [0.4, 0.5) is 0 Å². The van der Waals surface area contributed by atoms with Gasteiger partial charge in [-0.2, -0.15) is 0 Å². The molecular formula is C7H7AsO3. The van der Waals surface area contributed by atoms with Crippen LogP contribution >= 0.6 is 0 Å². The van der Waals surface area contributed by atoms with E-state index in [9.17, 15) is 3.74 Å². The first kappa shape index (κ1) is 10.0. The third kappa shape index (κ3) is 5.49. The zero-order valence-electron chi connectivity index (χ0n) is 5.68. The van der Waals surface area contributed by atoms with Crippen LogP contribution in [-0.2, 0) is 8.53 Å². The van der Waals surface area contributed by atoms with E-state index in [-0.39, 0.29) is 6.47 Å².